The molecular formula is C24H20F3N7O2. The molecule has 2 aromatic carbocycles. The number of hydrogen-bond acceptors (Lipinski definition) is 6. The standard InChI is InChI=1S/C24H20F3N7O2/c1-13(35)33(3)34(12-15-4-6-17(24(25,26)27)8-16(15)10-28)23(36)14-5-7-20-18(9-14)21-19(22(29)31-20)11-30-32(21)2/h4-9,11H,12H2,1-3H3,(H2,29,31). The normalized spacial score (nSPS) is 11.5. The number of pyridine rings is 1. The molecule has 2 N–H and O–H groups in total. The second-order valence-electron chi connectivity index (χ2n) is 8.15. The number of nitriles is 1. The Labute approximate surface area is 203 Å². The van der Waals surface area contributed by atoms with Crippen LogP contribution in [0.1, 0.15) is 34.0 Å². The van der Waals surface area contributed by atoms with Crippen molar-refractivity contribution in [3.63, 3.8) is 0 Å². The van der Waals surface area contributed by atoms with E-state index in [2.05, 4.69) is 10.1 Å². The van der Waals surface area contributed by atoms with Gasteiger partial charge in [-0.2, -0.15) is 23.5 Å². The van der Waals surface area contributed by atoms with Gasteiger partial charge in [0.05, 0.1) is 46.4 Å². The van der Waals surface area contributed by atoms with Crippen molar-refractivity contribution in [1.82, 2.24) is 24.8 Å². The number of nitrogens with zero attached hydrogens (tertiary/aromatic N) is 6. The van der Waals surface area contributed by atoms with Crippen LogP contribution in [0.4, 0.5) is 19.0 Å². The average molecular weight is 495 g/mol. The highest BCUT2D eigenvalue weighted by atomic mass is 19.4. The zero-order valence-corrected chi connectivity index (χ0v) is 19.5. The number of benzene rings is 2. The molecule has 0 fully saturated rings. The third kappa shape index (κ3) is 4.26. The van der Waals surface area contributed by atoms with Crippen molar-refractivity contribution in [3.05, 3.63) is 64.8 Å². The van der Waals surface area contributed by atoms with Crippen LogP contribution in [0.2, 0.25) is 0 Å². The monoisotopic (exact) mass is 495 g/mol. The number of halogens is 3. The van der Waals surface area contributed by atoms with Crippen LogP contribution in [-0.4, -0.2) is 43.6 Å². The van der Waals surface area contributed by atoms with Crippen molar-refractivity contribution in [2.75, 3.05) is 12.8 Å². The van der Waals surface area contributed by atoms with Gasteiger partial charge in [-0.1, -0.05) is 6.07 Å². The number of rotatable bonds is 3. The summed E-state index contributed by atoms with van der Waals surface area (Å²) < 4.78 is 40.9. The van der Waals surface area contributed by atoms with Gasteiger partial charge in [-0.3, -0.25) is 19.3 Å². The minimum atomic E-state index is -4.63. The first-order valence-electron chi connectivity index (χ1n) is 10.6. The van der Waals surface area contributed by atoms with Crippen molar-refractivity contribution < 1.29 is 22.8 Å². The lowest BCUT2D eigenvalue weighted by molar-refractivity contribution is -0.140. The molecule has 0 saturated heterocycles. The highest BCUT2D eigenvalue weighted by molar-refractivity contribution is 6.10. The number of carbonyl (C=O) groups is 2. The maximum Gasteiger partial charge on any atom is 0.416 e. The predicted molar refractivity (Wildman–Crippen MR) is 125 cm³/mol. The zero-order chi connectivity index (χ0) is 26.4. The average Bonchev–Trinajstić information content (AvgIpc) is 3.23. The Morgan fingerprint density at radius 2 is 1.89 bits per heavy atom. The summed E-state index contributed by atoms with van der Waals surface area (Å²) >= 11 is 0. The smallest absolute Gasteiger partial charge is 0.383 e. The van der Waals surface area contributed by atoms with E-state index in [1.165, 1.54) is 20.0 Å². The van der Waals surface area contributed by atoms with Crippen LogP contribution >= 0.6 is 0 Å². The lowest BCUT2D eigenvalue weighted by atomic mass is 10.0. The van der Waals surface area contributed by atoms with Crippen molar-refractivity contribution in [1.29, 1.82) is 5.26 Å². The number of fused-ring (bicyclic) bond motifs is 3. The van der Waals surface area contributed by atoms with Crippen LogP contribution in [0.3, 0.4) is 0 Å². The maximum absolute atomic E-state index is 13.6. The van der Waals surface area contributed by atoms with Gasteiger partial charge in [-0.15, -0.1) is 0 Å². The van der Waals surface area contributed by atoms with Gasteiger partial charge in [0.1, 0.15) is 5.82 Å². The minimum absolute atomic E-state index is 0.149. The first kappa shape index (κ1) is 24.5. The van der Waals surface area contributed by atoms with E-state index >= 15 is 0 Å². The molecule has 9 nitrogen and oxygen atoms in total. The molecule has 0 unspecified atom stereocenters. The fraction of sp³-hybridized carbons (Fsp3) is 0.208. The van der Waals surface area contributed by atoms with Crippen molar-refractivity contribution in [2.24, 2.45) is 7.05 Å². The summed E-state index contributed by atoms with van der Waals surface area (Å²) in [5.74, 6) is -0.808. The van der Waals surface area contributed by atoms with Crippen LogP contribution in [0.15, 0.2) is 42.6 Å². The Balaban J connectivity index is 1.79. The van der Waals surface area contributed by atoms with Crippen LogP contribution in [-0.2, 0) is 24.6 Å². The molecule has 184 valence electrons. The van der Waals surface area contributed by atoms with Gasteiger partial charge in [0, 0.05) is 32.0 Å². The second kappa shape index (κ2) is 8.84. The van der Waals surface area contributed by atoms with E-state index in [9.17, 15) is 28.0 Å². The summed E-state index contributed by atoms with van der Waals surface area (Å²) in [7, 11) is 3.08. The molecule has 2 heterocycles. The third-order valence-electron chi connectivity index (χ3n) is 5.88. The number of nitrogen functional groups attached to an aromatic ring is 1. The van der Waals surface area contributed by atoms with Gasteiger partial charge in [0.25, 0.3) is 5.91 Å². The highest BCUT2D eigenvalue weighted by Gasteiger charge is 2.32. The summed E-state index contributed by atoms with van der Waals surface area (Å²) in [6, 6.07) is 9.13. The lowest BCUT2D eigenvalue weighted by Crippen LogP contribution is -2.46. The molecule has 2 aromatic heterocycles. The van der Waals surface area contributed by atoms with Crippen LogP contribution in [0.25, 0.3) is 21.8 Å². The van der Waals surface area contributed by atoms with Gasteiger partial charge in [0.2, 0.25) is 5.91 Å². The first-order chi connectivity index (χ1) is 16.9. The number of nitrogens with two attached hydrogens (primary N) is 1. The number of aryl methyl sites for hydroxylation is 1. The number of alkyl halides is 3. The number of amides is 2. The quantitative estimate of drug-likeness (QED) is 0.433. The van der Waals surface area contributed by atoms with E-state index < -0.39 is 23.6 Å². The Morgan fingerprint density at radius 3 is 2.53 bits per heavy atom. The largest absolute Gasteiger partial charge is 0.416 e. The molecule has 0 spiro atoms. The van der Waals surface area contributed by atoms with Gasteiger partial charge in [0.15, 0.2) is 0 Å². The summed E-state index contributed by atoms with van der Waals surface area (Å²) in [6.07, 6.45) is -3.06. The van der Waals surface area contributed by atoms with Gasteiger partial charge >= 0.3 is 6.18 Å². The summed E-state index contributed by atoms with van der Waals surface area (Å²) in [6.45, 7) is 0.930. The molecule has 0 atom stereocenters. The summed E-state index contributed by atoms with van der Waals surface area (Å²) in [4.78, 5) is 30.1. The van der Waals surface area contributed by atoms with Gasteiger partial charge in [-0.05, 0) is 35.9 Å². The van der Waals surface area contributed by atoms with E-state index in [-0.39, 0.29) is 29.1 Å². The lowest BCUT2D eigenvalue weighted by Gasteiger charge is -2.31. The minimum Gasteiger partial charge on any atom is -0.383 e. The van der Waals surface area contributed by atoms with Crippen molar-refractivity contribution in [2.45, 2.75) is 19.6 Å². The fourth-order valence-corrected chi connectivity index (χ4v) is 3.88. The van der Waals surface area contributed by atoms with E-state index in [1.54, 1.807) is 36.1 Å². The molecule has 0 aliphatic heterocycles. The molecule has 0 bridgehead atoms. The Kier molecular flexibility index (Phi) is 6.01. The van der Waals surface area contributed by atoms with E-state index in [0.717, 1.165) is 28.2 Å². The molecule has 2 amide bonds. The van der Waals surface area contributed by atoms with E-state index in [4.69, 9.17) is 5.73 Å². The summed E-state index contributed by atoms with van der Waals surface area (Å²) in [5.41, 5.74) is 6.31. The molecule has 0 saturated carbocycles. The Bertz CT molecular complexity index is 1570. The molecule has 4 rings (SSSR count). The van der Waals surface area contributed by atoms with E-state index in [1.807, 2.05) is 0 Å². The number of carbonyl (C=O) groups excluding carboxylic acids is 2. The fourth-order valence-electron chi connectivity index (χ4n) is 3.88. The van der Waals surface area contributed by atoms with E-state index in [0.29, 0.717) is 21.8 Å². The Morgan fingerprint density at radius 1 is 1.17 bits per heavy atom. The highest BCUT2D eigenvalue weighted by Crippen LogP contribution is 2.31. The zero-order valence-electron chi connectivity index (χ0n) is 19.5. The molecule has 12 heteroatoms. The number of aromatic nitrogens is 3. The van der Waals surface area contributed by atoms with Crippen LogP contribution in [0.5, 0.6) is 0 Å². The number of hydrazine groups is 1. The van der Waals surface area contributed by atoms with Crippen LogP contribution < -0.4 is 5.73 Å². The summed E-state index contributed by atoms with van der Waals surface area (Å²) in [5, 5.41) is 17.0. The second-order valence-corrected chi connectivity index (χ2v) is 8.15. The van der Waals surface area contributed by atoms with Gasteiger partial charge in [-0.25, -0.2) is 9.99 Å². The molecule has 0 radical (unpaired) electrons. The van der Waals surface area contributed by atoms with Crippen molar-refractivity contribution >= 4 is 39.4 Å². The maximum atomic E-state index is 13.6. The Hall–Kier alpha value is -4.66. The molecule has 0 aliphatic rings. The first-order valence-corrected chi connectivity index (χ1v) is 10.6. The predicted octanol–water partition coefficient (Wildman–Crippen LogP) is 3.63. The van der Waals surface area contributed by atoms with Crippen LogP contribution in [0, 0.1) is 11.3 Å². The number of anilines is 1. The molecular weight excluding hydrogens is 475 g/mol. The molecule has 4 aromatic rings. The van der Waals surface area contributed by atoms with Crippen molar-refractivity contribution in [3.8, 4) is 6.07 Å². The third-order valence-corrected chi connectivity index (χ3v) is 5.88. The number of hydrogen-bond donors (Lipinski definition) is 1. The topological polar surface area (TPSA) is 121 Å². The van der Waals surface area contributed by atoms with Gasteiger partial charge < -0.3 is 5.73 Å². The SMILES string of the molecule is CC(=O)N(C)N(Cc1ccc(C(F)(F)F)cc1C#N)C(=O)c1ccc2nc(N)c3cnn(C)c3c2c1. The molecule has 36 heavy (non-hydrogen) atoms. The molecule has 0 aliphatic carbocycles.